The summed E-state index contributed by atoms with van der Waals surface area (Å²) >= 11 is 0. The fourth-order valence-corrected chi connectivity index (χ4v) is 2.32. The summed E-state index contributed by atoms with van der Waals surface area (Å²) in [6.45, 7) is -0.0708. The molecular weight excluding hydrogens is 341 g/mol. The van der Waals surface area contributed by atoms with Gasteiger partial charge in [0.1, 0.15) is 29.5 Å². The minimum atomic E-state index is -0.582. The highest BCUT2D eigenvalue weighted by molar-refractivity contribution is 5.88. The molecule has 0 aliphatic carbocycles. The number of furan rings is 1. The van der Waals surface area contributed by atoms with E-state index < -0.39 is 5.97 Å². The Morgan fingerprint density at radius 2 is 2.00 bits per heavy atom. The smallest absolute Gasteiger partial charge is 0.356 e. The third-order valence-corrected chi connectivity index (χ3v) is 3.61. The van der Waals surface area contributed by atoms with Gasteiger partial charge in [-0.2, -0.15) is 5.10 Å². The highest BCUT2D eigenvalue weighted by atomic mass is 19.1. The Hall–Kier alpha value is -3.68. The highest BCUT2D eigenvalue weighted by Crippen LogP contribution is 2.21. The lowest BCUT2D eigenvalue weighted by atomic mass is 10.1. The van der Waals surface area contributed by atoms with Gasteiger partial charge in [0.15, 0.2) is 11.5 Å². The largest absolute Gasteiger partial charge is 0.463 e. The number of aromatic nitrogens is 3. The molecule has 26 heavy (non-hydrogen) atoms. The molecule has 0 fully saturated rings. The predicted molar refractivity (Wildman–Crippen MR) is 87.3 cm³/mol. The van der Waals surface area contributed by atoms with Crippen LogP contribution in [0.2, 0.25) is 0 Å². The van der Waals surface area contributed by atoms with Crippen molar-refractivity contribution in [2.75, 3.05) is 0 Å². The number of aromatic amines is 1. The van der Waals surface area contributed by atoms with Gasteiger partial charge in [0, 0.05) is 17.7 Å². The number of ether oxygens (including phenoxy) is 1. The van der Waals surface area contributed by atoms with Crippen LogP contribution in [0, 0.1) is 5.82 Å². The monoisotopic (exact) mass is 353 g/mol. The molecule has 3 aromatic heterocycles. The van der Waals surface area contributed by atoms with Gasteiger partial charge in [-0.3, -0.25) is 5.10 Å². The quantitative estimate of drug-likeness (QED) is 0.548. The van der Waals surface area contributed by atoms with Crippen LogP contribution in [0.3, 0.4) is 0 Å². The molecule has 130 valence electrons. The van der Waals surface area contributed by atoms with Crippen LogP contribution < -0.4 is 0 Å². The summed E-state index contributed by atoms with van der Waals surface area (Å²) in [5, 5.41) is 10.4. The predicted octanol–water partition coefficient (Wildman–Crippen LogP) is 3.82. The molecule has 0 aliphatic heterocycles. The third kappa shape index (κ3) is 3.25. The van der Waals surface area contributed by atoms with Crippen molar-refractivity contribution in [2.24, 2.45) is 0 Å². The summed E-state index contributed by atoms with van der Waals surface area (Å²) in [7, 11) is 0. The van der Waals surface area contributed by atoms with Gasteiger partial charge >= 0.3 is 5.97 Å². The zero-order chi connectivity index (χ0) is 17.9. The maximum absolute atomic E-state index is 13.0. The van der Waals surface area contributed by atoms with E-state index in [-0.39, 0.29) is 18.1 Å². The molecule has 7 nitrogen and oxygen atoms in total. The first kappa shape index (κ1) is 15.8. The fourth-order valence-electron chi connectivity index (χ4n) is 2.32. The molecule has 0 bridgehead atoms. The van der Waals surface area contributed by atoms with E-state index in [0.717, 1.165) is 0 Å². The number of carbonyl (C=O) groups excluding carboxylic acids is 1. The average Bonchev–Trinajstić information content (AvgIpc) is 3.41. The van der Waals surface area contributed by atoms with Crippen molar-refractivity contribution in [1.29, 1.82) is 0 Å². The van der Waals surface area contributed by atoms with E-state index >= 15 is 0 Å². The van der Waals surface area contributed by atoms with Crippen LogP contribution in [0.1, 0.15) is 16.2 Å². The molecule has 4 rings (SSSR count). The number of halogens is 1. The zero-order valence-electron chi connectivity index (χ0n) is 13.3. The SMILES string of the molecule is O=C(OCc1cc(-c2ccc(F)cc2)on1)c1cc(-c2ccco2)n[nH]1. The van der Waals surface area contributed by atoms with Gasteiger partial charge in [-0.05, 0) is 36.4 Å². The van der Waals surface area contributed by atoms with Crippen LogP contribution in [-0.2, 0) is 11.3 Å². The molecule has 0 atom stereocenters. The van der Waals surface area contributed by atoms with E-state index in [4.69, 9.17) is 13.7 Å². The standard InChI is InChI=1S/C18H12FN3O4/c19-12-5-3-11(4-6-12)17-8-13(22-26-17)10-25-18(23)15-9-14(20-21-15)16-2-1-7-24-16/h1-9H,10H2,(H,20,21). The van der Waals surface area contributed by atoms with Crippen molar-refractivity contribution in [2.45, 2.75) is 6.61 Å². The lowest BCUT2D eigenvalue weighted by Crippen LogP contribution is -2.05. The van der Waals surface area contributed by atoms with E-state index in [9.17, 15) is 9.18 Å². The van der Waals surface area contributed by atoms with Crippen LogP contribution in [0.4, 0.5) is 4.39 Å². The van der Waals surface area contributed by atoms with Crippen LogP contribution in [-0.4, -0.2) is 21.3 Å². The van der Waals surface area contributed by atoms with E-state index in [1.165, 1.54) is 24.5 Å². The number of hydrogen-bond acceptors (Lipinski definition) is 6. The number of carbonyl (C=O) groups is 1. The molecule has 0 spiro atoms. The Labute approximate surface area is 146 Å². The third-order valence-electron chi connectivity index (χ3n) is 3.61. The molecule has 3 heterocycles. The van der Waals surface area contributed by atoms with Crippen LogP contribution >= 0.6 is 0 Å². The first-order chi connectivity index (χ1) is 12.7. The Morgan fingerprint density at radius 3 is 2.77 bits per heavy atom. The minimum absolute atomic E-state index is 0.0708. The van der Waals surface area contributed by atoms with Gasteiger partial charge in [0.05, 0.1) is 6.26 Å². The second kappa shape index (κ2) is 6.67. The van der Waals surface area contributed by atoms with Crippen molar-refractivity contribution in [3.63, 3.8) is 0 Å². The number of benzene rings is 1. The zero-order valence-corrected chi connectivity index (χ0v) is 13.3. The highest BCUT2D eigenvalue weighted by Gasteiger charge is 2.15. The van der Waals surface area contributed by atoms with Gasteiger partial charge in [-0.1, -0.05) is 5.16 Å². The first-order valence-electron chi connectivity index (χ1n) is 7.67. The fraction of sp³-hybridized carbons (Fsp3) is 0.0556. The lowest BCUT2D eigenvalue weighted by molar-refractivity contribution is 0.0457. The number of nitrogens with one attached hydrogen (secondary N) is 1. The van der Waals surface area contributed by atoms with E-state index in [1.807, 2.05) is 0 Å². The Morgan fingerprint density at radius 1 is 1.15 bits per heavy atom. The second-order valence-electron chi connectivity index (χ2n) is 5.41. The molecule has 8 heteroatoms. The topological polar surface area (TPSA) is 94.2 Å². The summed E-state index contributed by atoms with van der Waals surface area (Å²) in [5.41, 5.74) is 1.80. The average molecular weight is 353 g/mol. The summed E-state index contributed by atoms with van der Waals surface area (Å²) < 4.78 is 28.5. The van der Waals surface area contributed by atoms with Crippen molar-refractivity contribution in [3.05, 3.63) is 72.0 Å². The minimum Gasteiger partial charge on any atom is -0.463 e. The Kier molecular flexibility index (Phi) is 4.06. The summed E-state index contributed by atoms with van der Waals surface area (Å²) in [6, 6.07) is 12.4. The first-order valence-corrected chi connectivity index (χ1v) is 7.67. The second-order valence-corrected chi connectivity index (χ2v) is 5.41. The van der Waals surface area contributed by atoms with Gasteiger partial charge < -0.3 is 13.7 Å². The maximum Gasteiger partial charge on any atom is 0.356 e. The van der Waals surface area contributed by atoms with E-state index in [1.54, 1.807) is 30.3 Å². The number of esters is 1. The van der Waals surface area contributed by atoms with Crippen molar-refractivity contribution in [1.82, 2.24) is 15.4 Å². The lowest BCUT2D eigenvalue weighted by Gasteiger charge is -1.98. The number of hydrogen-bond donors (Lipinski definition) is 1. The van der Waals surface area contributed by atoms with Crippen LogP contribution in [0.25, 0.3) is 22.8 Å². The van der Waals surface area contributed by atoms with Crippen LogP contribution in [0.15, 0.2) is 63.7 Å². The molecule has 0 radical (unpaired) electrons. The van der Waals surface area contributed by atoms with Gasteiger partial charge in [-0.15, -0.1) is 0 Å². The molecule has 1 aromatic carbocycles. The number of nitrogens with zero attached hydrogens (tertiary/aromatic N) is 2. The van der Waals surface area contributed by atoms with Crippen molar-refractivity contribution < 1.29 is 22.9 Å². The van der Waals surface area contributed by atoms with Crippen molar-refractivity contribution in [3.8, 4) is 22.8 Å². The Balaban J connectivity index is 1.40. The van der Waals surface area contributed by atoms with E-state index in [0.29, 0.717) is 28.5 Å². The molecule has 4 aromatic rings. The van der Waals surface area contributed by atoms with E-state index in [2.05, 4.69) is 15.4 Å². The molecule has 1 N–H and O–H groups in total. The molecule has 0 unspecified atom stereocenters. The number of H-pyrrole nitrogens is 1. The maximum atomic E-state index is 13.0. The summed E-state index contributed by atoms with van der Waals surface area (Å²) in [6.07, 6.45) is 1.52. The summed E-state index contributed by atoms with van der Waals surface area (Å²) in [4.78, 5) is 12.1. The van der Waals surface area contributed by atoms with Crippen molar-refractivity contribution >= 4 is 5.97 Å². The number of rotatable bonds is 5. The van der Waals surface area contributed by atoms with Gasteiger partial charge in [-0.25, -0.2) is 9.18 Å². The van der Waals surface area contributed by atoms with Crippen LogP contribution in [0.5, 0.6) is 0 Å². The Bertz CT molecular complexity index is 1020. The molecule has 0 saturated heterocycles. The molecule has 0 amide bonds. The molecule has 0 saturated carbocycles. The van der Waals surface area contributed by atoms with Gasteiger partial charge in [0.25, 0.3) is 0 Å². The molecule has 0 aliphatic rings. The summed E-state index contributed by atoms with van der Waals surface area (Å²) in [5.74, 6) is 0.0796. The normalized spacial score (nSPS) is 10.8. The molecular formula is C18H12FN3O4. The van der Waals surface area contributed by atoms with Gasteiger partial charge in [0.2, 0.25) is 0 Å².